The van der Waals surface area contributed by atoms with E-state index in [9.17, 15) is 18.0 Å². The van der Waals surface area contributed by atoms with Gasteiger partial charge in [0, 0.05) is 49.6 Å². The lowest BCUT2D eigenvalue weighted by molar-refractivity contribution is 0.0828. The topological polar surface area (TPSA) is 108 Å². The van der Waals surface area contributed by atoms with E-state index < -0.39 is 10.0 Å². The van der Waals surface area contributed by atoms with Gasteiger partial charge in [0.05, 0.1) is 10.6 Å². The van der Waals surface area contributed by atoms with E-state index in [2.05, 4.69) is 15.4 Å². The number of rotatable bonds is 9. The van der Waals surface area contributed by atoms with Gasteiger partial charge in [0.25, 0.3) is 21.8 Å². The van der Waals surface area contributed by atoms with Crippen molar-refractivity contribution in [3.8, 4) is 11.1 Å². The van der Waals surface area contributed by atoms with Crippen molar-refractivity contribution < 1.29 is 18.0 Å². The molecule has 2 aromatic carbocycles. The molecule has 0 radical (unpaired) electrons. The van der Waals surface area contributed by atoms with Gasteiger partial charge in [0.1, 0.15) is 0 Å². The molecule has 0 fully saturated rings. The van der Waals surface area contributed by atoms with E-state index in [-0.39, 0.29) is 16.7 Å². The Hall–Kier alpha value is -4.37. The van der Waals surface area contributed by atoms with Crippen molar-refractivity contribution in [2.24, 2.45) is 0 Å². The standard InChI is InChI=1S/C30H32N4O4S/c1-20-11-13-25-26(14-12-20)28(19-27(25)30(36)34(3)4)39(37,38)33-24-10-6-9-23(18-24)31-15-16-32-29(35)22-8-5-7-21(2)17-22/h5-14,17-19,31,33H,15-16H2,1-4H3,(H,32,35). The molecular formula is C30H32N4O4S. The van der Waals surface area contributed by atoms with E-state index in [1.807, 2.05) is 50.2 Å². The van der Waals surface area contributed by atoms with Crippen LogP contribution in [-0.4, -0.2) is 52.3 Å². The molecule has 0 bridgehead atoms. The van der Waals surface area contributed by atoms with Crippen LogP contribution in [0.5, 0.6) is 0 Å². The van der Waals surface area contributed by atoms with Crippen LogP contribution in [0.25, 0.3) is 11.1 Å². The summed E-state index contributed by atoms with van der Waals surface area (Å²) in [6, 6.07) is 22.9. The number of benzene rings is 2. The van der Waals surface area contributed by atoms with Crippen LogP contribution in [0.1, 0.15) is 31.8 Å². The van der Waals surface area contributed by atoms with Gasteiger partial charge in [-0.1, -0.05) is 53.6 Å². The summed E-state index contributed by atoms with van der Waals surface area (Å²) in [5, 5.41) is 6.07. The van der Waals surface area contributed by atoms with Gasteiger partial charge in [-0.2, -0.15) is 0 Å². The van der Waals surface area contributed by atoms with Crippen LogP contribution in [0.15, 0.2) is 83.8 Å². The van der Waals surface area contributed by atoms with E-state index >= 15 is 0 Å². The van der Waals surface area contributed by atoms with Gasteiger partial charge in [0.2, 0.25) is 0 Å². The summed E-state index contributed by atoms with van der Waals surface area (Å²) in [6.45, 7) is 4.68. The van der Waals surface area contributed by atoms with Crippen molar-refractivity contribution in [1.82, 2.24) is 10.2 Å². The normalized spacial score (nSPS) is 11.2. The summed E-state index contributed by atoms with van der Waals surface area (Å²) in [4.78, 5) is 26.6. The van der Waals surface area contributed by atoms with Gasteiger partial charge in [-0.15, -0.1) is 0 Å². The number of sulfonamides is 1. The molecule has 2 aliphatic carbocycles. The minimum Gasteiger partial charge on any atom is -0.383 e. The minimum absolute atomic E-state index is 0.0375. The fourth-order valence-electron chi connectivity index (χ4n) is 4.22. The maximum Gasteiger partial charge on any atom is 0.262 e. The number of hydrogen-bond donors (Lipinski definition) is 3. The number of carbonyl (C=O) groups is 2. The van der Waals surface area contributed by atoms with Gasteiger partial charge < -0.3 is 15.5 Å². The molecule has 9 heteroatoms. The van der Waals surface area contributed by atoms with Crippen molar-refractivity contribution in [3.63, 3.8) is 0 Å². The van der Waals surface area contributed by atoms with Crippen LogP contribution in [0.3, 0.4) is 0 Å². The molecule has 0 heterocycles. The van der Waals surface area contributed by atoms with Crippen LogP contribution in [-0.2, 0) is 10.0 Å². The predicted molar refractivity (Wildman–Crippen MR) is 155 cm³/mol. The van der Waals surface area contributed by atoms with Crippen LogP contribution in [0.4, 0.5) is 11.4 Å². The third-order valence-electron chi connectivity index (χ3n) is 6.21. The molecule has 2 aliphatic rings. The van der Waals surface area contributed by atoms with E-state index in [0.29, 0.717) is 46.7 Å². The lowest BCUT2D eigenvalue weighted by Crippen LogP contribution is -2.28. The van der Waals surface area contributed by atoms with Gasteiger partial charge in [-0.3, -0.25) is 14.3 Å². The highest BCUT2D eigenvalue weighted by atomic mass is 32.2. The molecule has 0 aromatic heterocycles. The van der Waals surface area contributed by atoms with E-state index in [1.165, 1.54) is 11.0 Å². The second-order valence-electron chi connectivity index (χ2n) is 9.60. The Morgan fingerprint density at radius 1 is 0.769 bits per heavy atom. The molecule has 0 unspecified atom stereocenters. The van der Waals surface area contributed by atoms with Gasteiger partial charge >= 0.3 is 0 Å². The summed E-state index contributed by atoms with van der Waals surface area (Å²) in [7, 11) is -0.748. The molecule has 4 rings (SSSR count). The molecule has 3 N–H and O–H groups in total. The first-order chi connectivity index (χ1) is 18.5. The summed E-state index contributed by atoms with van der Waals surface area (Å²) >= 11 is 0. The molecule has 39 heavy (non-hydrogen) atoms. The minimum atomic E-state index is -4.01. The fourth-order valence-corrected chi connectivity index (χ4v) is 5.50. The second-order valence-corrected chi connectivity index (χ2v) is 11.2. The Balaban J connectivity index is 1.48. The molecule has 8 nitrogen and oxygen atoms in total. The van der Waals surface area contributed by atoms with Gasteiger partial charge in [0.15, 0.2) is 0 Å². The SMILES string of the molecule is Cc1ccc2c(C(=O)N(C)C)cc(S(=O)(=O)Nc3cccc(NCCNC(=O)c4cccc(C)c4)c3)c-2cc1. The number of fused-ring (bicyclic) bond motifs is 1. The first kappa shape index (κ1) is 27.7. The van der Waals surface area contributed by atoms with Gasteiger partial charge in [-0.05, 0) is 55.8 Å². The van der Waals surface area contributed by atoms with E-state index in [0.717, 1.165) is 11.1 Å². The lowest BCUT2D eigenvalue weighted by Gasteiger charge is -2.12. The Morgan fingerprint density at radius 3 is 2.18 bits per heavy atom. The summed E-state index contributed by atoms with van der Waals surface area (Å²) in [5.74, 6) is -0.425. The molecule has 2 amide bonds. The van der Waals surface area contributed by atoms with Crippen LogP contribution in [0.2, 0.25) is 0 Å². The summed E-state index contributed by atoms with van der Waals surface area (Å²) in [6.07, 6.45) is 0. The molecular weight excluding hydrogens is 512 g/mol. The zero-order chi connectivity index (χ0) is 28.2. The molecule has 0 spiro atoms. The maximum atomic E-state index is 13.5. The zero-order valence-electron chi connectivity index (χ0n) is 22.4. The first-order valence-electron chi connectivity index (χ1n) is 12.5. The monoisotopic (exact) mass is 544 g/mol. The molecule has 2 aromatic rings. The van der Waals surface area contributed by atoms with Crippen molar-refractivity contribution >= 4 is 33.2 Å². The van der Waals surface area contributed by atoms with Crippen molar-refractivity contribution in [2.45, 2.75) is 18.7 Å². The van der Waals surface area contributed by atoms with Crippen molar-refractivity contribution in [3.05, 3.63) is 101 Å². The van der Waals surface area contributed by atoms with E-state index in [4.69, 9.17) is 0 Å². The molecule has 0 aliphatic heterocycles. The molecule has 0 saturated carbocycles. The first-order valence-corrected chi connectivity index (χ1v) is 14.0. The number of nitrogens with one attached hydrogen (secondary N) is 3. The Morgan fingerprint density at radius 2 is 1.46 bits per heavy atom. The number of amides is 2. The van der Waals surface area contributed by atoms with Crippen molar-refractivity contribution in [2.75, 3.05) is 37.2 Å². The average Bonchev–Trinajstić information content (AvgIpc) is 3.16. The molecule has 0 atom stereocenters. The third kappa shape index (κ3) is 6.56. The number of nitrogens with zero attached hydrogens (tertiary/aromatic N) is 1. The predicted octanol–water partition coefficient (Wildman–Crippen LogP) is 4.75. The quantitative estimate of drug-likeness (QED) is 0.264. The molecule has 202 valence electrons. The van der Waals surface area contributed by atoms with Gasteiger partial charge in [-0.25, -0.2) is 8.42 Å². The Kier molecular flexibility index (Phi) is 8.21. The molecule has 0 saturated heterocycles. The van der Waals surface area contributed by atoms with Crippen LogP contribution >= 0.6 is 0 Å². The van der Waals surface area contributed by atoms with E-state index in [1.54, 1.807) is 50.5 Å². The average molecular weight is 545 g/mol. The second kappa shape index (κ2) is 11.6. The lowest BCUT2D eigenvalue weighted by atomic mass is 10.1. The summed E-state index contributed by atoms with van der Waals surface area (Å²) < 4.78 is 29.7. The number of aryl methyl sites for hydroxylation is 2. The van der Waals surface area contributed by atoms with Crippen LogP contribution < -0.4 is 15.4 Å². The third-order valence-corrected chi connectivity index (χ3v) is 7.63. The Bertz CT molecular complexity index is 1600. The highest BCUT2D eigenvalue weighted by molar-refractivity contribution is 7.92. The number of anilines is 2. The largest absolute Gasteiger partial charge is 0.383 e. The summed E-state index contributed by atoms with van der Waals surface area (Å²) in [5.41, 5.74) is 5.00. The smallest absolute Gasteiger partial charge is 0.262 e. The number of hydrogen-bond acceptors (Lipinski definition) is 5. The fraction of sp³-hybridized carbons (Fsp3) is 0.200. The highest BCUT2D eigenvalue weighted by Gasteiger charge is 2.28. The number of carbonyl (C=O) groups excluding carboxylic acids is 2. The maximum absolute atomic E-state index is 13.5. The van der Waals surface area contributed by atoms with Crippen LogP contribution in [0, 0.1) is 13.8 Å². The highest BCUT2D eigenvalue weighted by Crippen LogP contribution is 2.36. The zero-order valence-corrected chi connectivity index (χ0v) is 23.2. The Labute approximate surface area is 229 Å². The van der Waals surface area contributed by atoms with Crippen molar-refractivity contribution in [1.29, 1.82) is 0 Å².